The Morgan fingerprint density at radius 2 is 1.68 bits per heavy atom. The molecule has 3 aromatic rings. The van der Waals surface area contributed by atoms with Crippen LogP contribution in [0.3, 0.4) is 0 Å². The second kappa shape index (κ2) is 11.2. The fourth-order valence-corrected chi connectivity index (χ4v) is 4.63. The number of nitrogens with one attached hydrogen (secondary N) is 1. The molecule has 1 atom stereocenters. The molecule has 4 rings (SSSR count). The first-order valence-electron chi connectivity index (χ1n) is 12.3. The van der Waals surface area contributed by atoms with Gasteiger partial charge in [0.25, 0.3) is 0 Å². The van der Waals surface area contributed by atoms with Gasteiger partial charge in [-0.25, -0.2) is 9.59 Å². The van der Waals surface area contributed by atoms with Crippen molar-refractivity contribution in [1.82, 2.24) is 4.90 Å². The molecule has 196 valence electrons. The van der Waals surface area contributed by atoms with E-state index in [-0.39, 0.29) is 30.6 Å². The fourth-order valence-electron chi connectivity index (χ4n) is 4.63. The topological polar surface area (TPSA) is 110 Å². The molecule has 9 nitrogen and oxygen atoms in total. The second-order valence-corrected chi connectivity index (χ2v) is 9.35. The van der Waals surface area contributed by atoms with Gasteiger partial charge >= 0.3 is 12.0 Å². The van der Waals surface area contributed by atoms with E-state index in [0.717, 1.165) is 11.3 Å². The van der Waals surface area contributed by atoms with E-state index in [0.29, 0.717) is 11.4 Å². The van der Waals surface area contributed by atoms with E-state index in [1.807, 2.05) is 63.2 Å². The second-order valence-electron chi connectivity index (χ2n) is 9.35. The molecule has 1 aliphatic heterocycles. The van der Waals surface area contributed by atoms with Gasteiger partial charge in [0.05, 0.1) is 11.6 Å². The minimum atomic E-state index is -1.11. The number of amides is 4. The Bertz CT molecular complexity index is 1360. The van der Waals surface area contributed by atoms with Crippen molar-refractivity contribution in [2.75, 3.05) is 28.2 Å². The van der Waals surface area contributed by atoms with Gasteiger partial charge < -0.3 is 25.1 Å². The molecule has 3 aromatic carbocycles. The van der Waals surface area contributed by atoms with Gasteiger partial charge in [-0.15, -0.1) is 0 Å². The van der Waals surface area contributed by atoms with Crippen molar-refractivity contribution in [1.29, 1.82) is 0 Å². The molecule has 0 saturated heterocycles. The SMILES string of the molecule is CC1c2ccccc2N(CC(=O)N(c2ccccc2)C(C)C)C(=O)CN1C(=O)Nc1cccc(C(=O)O)c1. The summed E-state index contributed by atoms with van der Waals surface area (Å²) in [6.07, 6.45) is 0. The highest BCUT2D eigenvalue weighted by Crippen LogP contribution is 2.34. The van der Waals surface area contributed by atoms with Gasteiger partial charge in [0.1, 0.15) is 13.1 Å². The summed E-state index contributed by atoms with van der Waals surface area (Å²) in [5, 5.41) is 12.0. The van der Waals surface area contributed by atoms with E-state index in [1.165, 1.54) is 28.0 Å². The molecule has 0 saturated carbocycles. The summed E-state index contributed by atoms with van der Waals surface area (Å²) in [4.78, 5) is 56.2. The van der Waals surface area contributed by atoms with Crippen molar-refractivity contribution in [2.45, 2.75) is 32.9 Å². The summed E-state index contributed by atoms with van der Waals surface area (Å²) >= 11 is 0. The number of carbonyl (C=O) groups is 4. The number of aromatic carboxylic acids is 1. The maximum absolute atomic E-state index is 13.6. The lowest BCUT2D eigenvalue weighted by Gasteiger charge is -2.30. The highest BCUT2D eigenvalue weighted by atomic mass is 16.4. The van der Waals surface area contributed by atoms with Crippen molar-refractivity contribution >= 4 is 40.9 Å². The molecule has 0 bridgehead atoms. The van der Waals surface area contributed by atoms with Crippen LogP contribution in [0, 0.1) is 0 Å². The van der Waals surface area contributed by atoms with Gasteiger partial charge in [-0.1, -0.05) is 42.5 Å². The van der Waals surface area contributed by atoms with Crippen LogP contribution >= 0.6 is 0 Å². The molecule has 0 spiro atoms. The number of anilines is 3. The third-order valence-corrected chi connectivity index (χ3v) is 6.49. The van der Waals surface area contributed by atoms with Crippen LogP contribution in [0.4, 0.5) is 21.9 Å². The summed E-state index contributed by atoms with van der Waals surface area (Å²) in [7, 11) is 0. The predicted octanol–water partition coefficient (Wildman–Crippen LogP) is 4.77. The molecule has 1 unspecified atom stereocenters. The van der Waals surface area contributed by atoms with Gasteiger partial charge in [-0.2, -0.15) is 0 Å². The van der Waals surface area contributed by atoms with Crippen LogP contribution in [0.2, 0.25) is 0 Å². The highest BCUT2D eigenvalue weighted by molar-refractivity contribution is 6.06. The summed E-state index contributed by atoms with van der Waals surface area (Å²) in [5.74, 6) is -1.76. The van der Waals surface area contributed by atoms with Gasteiger partial charge in [0, 0.05) is 23.1 Å². The number of rotatable bonds is 6. The number of benzene rings is 3. The molecule has 1 aliphatic rings. The number of hydrogen-bond acceptors (Lipinski definition) is 4. The summed E-state index contributed by atoms with van der Waals surface area (Å²) in [5.41, 5.74) is 2.36. The van der Waals surface area contributed by atoms with Crippen molar-refractivity contribution in [2.24, 2.45) is 0 Å². The average molecular weight is 515 g/mol. The van der Waals surface area contributed by atoms with E-state index < -0.39 is 23.9 Å². The van der Waals surface area contributed by atoms with Gasteiger partial charge in [-0.05, 0) is 62.7 Å². The van der Waals surface area contributed by atoms with Crippen molar-refractivity contribution < 1.29 is 24.3 Å². The Kier molecular flexibility index (Phi) is 7.76. The zero-order chi connectivity index (χ0) is 27.4. The number of carboxylic acids is 1. The molecular formula is C29H30N4O5. The maximum atomic E-state index is 13.6. The first-order valence-corrected chi connectivity index (χ1v) is 12.3. The minimum Gasteiger partial charge on any atom is -0.478 e. The first-order chi connectivity index (χ1) is 18.2. The number of para-hydroxylation sites is 2. The average Bonchev–Trinajstić information content (AvgIpc) is 3.00. The molecule has 9 heteroatoms. The lowest BCUT2D eigenvalue weighted by atomic mass is 10.0. The Morgan fingerprint density at radius 3 is 2.37 bits per heavy atom. The van der Waals surface area contributed by atoms with Crippen LogP contribution in [0.15, 0.2) is 78.9 Å². The van der Waals surface area contributed by atoms with E-state index in [2.05, 4.69) is 5.32 Å². The van der Waals surface area contributed by atoms with Crippen LogP contribution in [0.25, 0.3) is 0 Å². The quantitative estimate of drug-likeness (QED) is 0.493. The summed E-state index contributed by atoms with van der Waals surface area (Å²) in [6.45, 7) is 5.19. The van der Waals surface area contributed by atoms with E-state index in [4.69, 9.17) is 0 Å². The van der Waals surface area contributed by atoms with Crippen molar-refractivity contribution in [3.05, 3.63) is 90.0 Å². The predicted molar refractivity (Wildman–Crippen MR) is 145 cm³/mol. The van der Waals surface area contributed by atoms with E-state index >= 15 is 0 Å². The number of carbonyl (C=O) groups excluding carboxylic acids is 3. The Hall–Kier alpha value is -4.66. The van der Waals surface area contributed by atoms with Crippen molar-refractivity contribution in [3.8, 4) is 0 Å². The minimum absolute atomic E-state index is 0.0333. The van der Waals surface area contributed by atoms with E-state index in [9.17, 15) is 24.3 Å². The molecule has 4 amide bonds. The first kappa shape index (κ1) is 26.4. The third-order valence-electron chi connectivity index (χ3n) is 6.49. The zero-order valence-corrected chi connectivity index (χ0v) is 21.5. The summed E-state index contributed by atoms with van der Waals surface area (Å²) in [6, 6.07) is 21.2. The normalized spacial score (nSPS) is 15.1. The molecule has 0 radical (unpaired) electrons. The van der Waals surface area contributed by atoms with Crippen LogP contribution < -0.4 is 15.1 Å². The van der Waals surface area contributed by atoms with Crippen LogP contribution in [0.1, 0.15) is 42.7 Å². The Balaban J connectivity index is 1.62. The molecule has 0 aromatic heterocycles. The lowest BCUT2D eigenvalue weighted by Crippen LogP contribution is -2.48. The van der Waals surface area contributed by atoms with Crippen molar-refractivity contribution in [3.63, 3.8) is 0 Å². The van der Waals surface area contributed by atoms with Crippen LogP contribution in [-0.4, -0.2) is 53.0 Å². The molecule has 38 heavy (non-hydrogen) atoms. The number of fused-ring (bicyclic) bond motifs is 1. The number of hydrogen-bond donors (Lipinski definition) is 2. The highest BCUT2D eigenvalue weighted by Gasteiger charge is 2.35. The van der Waals surface area contributed by atoms with Gasteiger partial charge in [0.2, 0.25) is 11.8 Å². The molecule has 0 aliphatic carbocycles. The smallest absolute Gasteiger partial charge is 0.335 e. The van der Waals surface area contributed by atoms with Crippen LogP contribution in [0.5, 0.6) is 0 Å². The molecule has 2 N–H and O–H groups in total. The number of nitrogens with zero attached hydrogens (tertiary/aromatic N) is 3. The fraction of sp³-hybridized carbons (Fsp3) is 0.241. The molecule has 0 fully saturated rings. The van der Waals surface area contributed by atoms with Gasteiger partial charge in [-0.3, -0.25) is 9.59 Å². The Morgan fingerprint density at radius 1 is 1.00 bits per heavy atom. The monoisotopic (exact) mass is 514 g/mol. The lowest BCUT2D eigenvalue weighted by molar-refractivity contribution is -0.123. The molecule has 1 heterocycles. The standard InChI is InChI=1S/C29H30N4O5/c1-19(2)33(23-12-5-4-6-13-23)27(35)18-32-25-15-8-7-14-24(25)20(3)31(17-26(32)34)29(38)30-22-11-9-10-21(16-22)28(36)37/h4-16,19-20H,17-18H2,1-3H3,(H,30,38)(H,36,37). The zero-order valence-electron chi connectivity index (χ0n) is 21.5. The largest absolute Gasteiger partial charge is 0.478 e. The number of carboxylic acid groups (broad SMARTS) is 1. The Labute approximate surface area is 221 Å². The van der Waals surface area contributed by atoms with E-state index in [1.54, 1.807) is 23.1 Å². The maximum Gasteiger partial charge on any atom is 0.335 e. The van der Waals surface area contributed by atoms with Gasteiger partial charge in [0.15, 0.2) is 0 Å². The third kappa shape index (κ3) is 5.51. The number of urea groups is 1. The van der Waals surface area contributed by atoms with Crippen LogP contribution in [-0.2, 0) is 9.59 Å². The summed E-state index contributed by atoms with van der Waals surface area (Å²) < 4.78 is 0. The molecular weight excluding hydrogens is 484 g/mol.